The SMILES string of the molecule is CN1C(=O)/C(=C/c2ccc(OCCOc3ccc(Br)cc3)cc2)SC1=S. The maximum atomic E-state index is 12.0. The largest absolute Gasteiger partial charge is 0.490 e. The van der Waals surface area contributed by atoms with Gasteiger partial charge in [-0.3, -0.25) is 9.69 Å². The Morgan fingerprint density at radius 2 is 1.58 bits per heavy atom. The van der Waals surface area contributed by atoms with Crippen LogP contribution in [0.3, 0.4) is 0 Å². The lowest BCUT2D eigenvalue weighted by Crippen LogP contribution is -2.22. The number of hydrogen-bond acceptors (Lipinski definition) is 5. The van der Waals surface area contributed by atoms with Gasteiger partial charge in [0, 0.05) is 11.5 Å². The van der Waals surface area contributed by atoms with Gasteiger partial charge >= 0.3 is 0 Å². The molecule has 26 heavy (non-hydrogen) atoms. The number of carbonyl (C=O) groups is 1. The van der Waals surface area contributed by atoms with Crippen LogP contribution in [0.2, 0.25) is 0 Å². The number of carbonyl (C=O) groups excluding carboxylic acids is 1. The highest BCUT2D eigenvalue weighted by atomic mass is 79.9. The zero-order chi connectivity index (χ0) is 18.5. The molecule has 0 aliphatic carbocycles. The van der Waals surface area contributed by atoms with Crippen molar-refractivity contribution in [1.82, 2.24) is 4.90 Å². The summed E-state index contributed by atoms with van der Waals surface area (Å²) in [4.78, 5) is 14.1. The van der Waals surface area contributed by atoms with Crippen LogP contribution in [-0.4, -0.2) is 35.4 Å². The maximum absolute atomic E-state index is 12.0. The zero-order valence-electron chi connectivity index (χ0n) is 14.0. The first kappa shape index (κ1) is 18.9. The third kappa shape index (κ3) is 4.87. The number of thiocarbonyl (C=S) groups is 1. The van der Waals surface area contributed by atoms with Gasteiger partial charge in [-0.15, -0.1) is 0 Å². The van der Waals surface area contributed by atoms with Gasteiger partial charge in [0.25, 0.3) is 5.91 Å². The molecule has 0 spiro atoms. The van der Waals surface area contributed by atoms with Crippen molar-refractivity contribution in [3.05, 3.63) is 63.5 Å². The quantitative estimate of drug-likeness (QED) is 0.361. The van der Waals surface area contributed by atoms with E-state index >= 15 is 0 Å². The standard InChI is InChI=1S/C19H16BrNO3S2/c1-21-18(22)17(26-19(21)25)12-13-2-6-15(7-3-13)23-10-11-24-16-8-4-14(20)5-9-16/h2-9,12H,10-11H2,1H3/b17-12-. The molecule has 1 saturated heterocycles. The highest BCUT2D eigenvalue weighted by Crippen LogP contribution is 2.31. The van der Waals surface area contributed by atoms with Crippen LogP contribution in [0.1, 0.15) is 5.56 Å². The number of halogens is 1. The molecule has 1 heterocycles. The summed E-state index contributed by atoms with van der Waals surface area (Å²) >= 11 is 9.83. The number of likely N-dealkylation sites (N-methyl/N-ethyl adjacent to an activating group) is 1. The van der Waals surface area contributed by atoms with E-state index in [1.165, 1.54) is 16.7 Å². The lowest BCUT2D eigenvalue weighted by atomic mass is 10.2. The van der Waals surface area contributed by atoms with Crippen molar-refractivity contribution in [3.63, 3.8) is 0 Å². The van der Waals surface area contributed by atoms with Crippen LogP contribution in [0.15, 0.2) is 57.9 Å². The Balaban J connectivity index is 1.49. The second-order valence-corrected chi connectivity index (χ2v) is 8.05. The predicted molar refractivity (Wildman–Crippen MR) is 113 cm³/mol. The summed E-state index contributed by atoms with van der Waals surface area (Å²) in [5, 5.41) is 0. The van der Waals surface area contributed by atoms with E-state index in [0.29, 0.717) is 22.4 Å². The van der Waals surface area contributed by atoms with Crippen molar-refractivity contribution in [2.24, 2.45) is 0 Å². The number of thioether (sulfide) groups is 1. The number of benzene rings is 2. The van der Waals surface area contributed by atoms with Gasteiger partial charge in [0.2, 0.25) is 0 Å². The molecular formula is C19H16BrNO3S2. The molecule has 2 aromatic rings. The minimum absolute atomic E-state index is 0.0644. The smallest absolute Gasteiger partial charge is 0.265 e. The van der Waals surface area contributed by atoms with E-state index in [2.05, 4.69) is 15.9 Å². The predicted octanol–water partition coefficient (Wildman–Crippen LogP) is 4.74. The number of hydrogen-bond donors (Lipinski definition) is 0. The first-order valence-corrected chi connectivity index (χ1v) is 9.87. The van der Waals surface area contributed by atoms with E-state index in [1.54, 1.807) is 7.05 Å². The van der Waals surface area contributed by atoms with E-state index < -0.39 is 0 Å². The fourth-order valence-corrected chi connectivity index (χ4v) is 3.65. The van der Waals surface area contributed by atoms with Crippen molar-refractivity contribution in [2.75, 3.05) is 20.3 Å². The van der Waals surface area contributed by atoms with Crippen LogP contribution in [-0.2, 0) is 4.79 Å². The van der Waals surface area contributed by atoms with Crippen molar-refractivity contribution in [2.45, 2.75) is 0 Å². The summed E-state index contributed by atoms with van der Waals surface area (Å²) in [5.41, 5.74) is 0.928. The Kier molecular flexibility index (Phi) is 6.34. The number of amides is 1. The van der Waals surface area contributed by atoms with Crippen molar-refractivity contribution in [1.29, 1.82) is 0 Å². The Morgan fingerprint density at radius 3 is 2.08 bits per heavy atom. The van der Waals surface area contributed by atoms with Gasteiger partial charge in [-0.1, -0.05) is 52.0 Å². The molecule has 1 aliphatic rings. The van der Waals surface area contributed by atoms with Gasteiger partial charge in [0.05, 0.1) is 4.91 Å². The molecule has 0 N–H and O–H groups in total. The molecular weight excluding hydrogens is 434 g/mol. The van der Waals surface area contributed by atoms with Gasteiger partial charge in [0.1, 0.15) is 29.0 Å². The van der Waals surface area contributed by atoms with Crippen molar-refractivity contribution < 1.29 is 14.3 Å². The second kappa shape index (κ2) is 8.70. The van der Waals surface area contributed by atoms with E-state index in [4.69, 9.17) is 21.7 Å². The number of rotatable bonds is 6. The fourth-order valence-electron chi connectivity index (χ4n) is 2.21. The van der Waals surface area contributed by atoms with Crippen LogP contribution in [0, 0.1) is 0 Å². The van der Waals surface area contributed by atoms with E-state index in [-0.39, 0.29) is 5.91 Å². The van der Waals surface area contributed by atoms with Crippen molar-refractivity contribution >= 4 is 56.2 Å². The summed E-state index contributed by atoms with van der Waals surface area (Å²) in [6, 6.07) is 15.2. The molecule has 3 rings (SSSR count). The first-order valence-electron chi connectivity index (χ1n) is 7.86. The van der Waals surface area contributed by atoms with E-state index in [0.717, 1.165) is 21.5 Å². The van der Waals surface area contributed by atoms with Gasteiger partial charge in [0.15, 0.2) is 0 Å². The van der Waals surface area contributed by atoms with E-state index in [1.807, 2.05) is 54.6 Å². The summed E-state index contributed by atoms with van der Waals surface area (Å²) in [6.45, 7) is 0.909. The average molecular weight is 450 g/mol. The van der Waals surface area contributed by atoms with E-state index in [9.17, 15) is 4.79 Å². The van der Waals surface area contributed by atoms with Gasteiger partial charge in [-0.25, -0.2) is 0 Å². The molecule has 1 amide bonds. The normalized spacial score (nSPS) is 15.6. The Labute approximate surface area is 170 Å². The minimum Gasteiger partial charge on any atom is -0.490 e. The Hall–Kier alpha value is -1.83. The zero-order valence-corrected chi connectivity index (χ0v) is 17.2. The second-order valence-electron chi connectivity index (χ2n) is 5.46. The lowest BCUT2D eigenvalue weighted by molar-refractivity contribution is -0.121. The van der Waals surface area contributed by atoms with Gasteiger partial charge in [-0.05, 0) is 48.0 Å². The van der Waals surface area contributed by atoms with Crippen LogP contribution in [0.5, 0.6) is 11.5 Å². The lowest BCUT2D eigenvalue weighted by Gasteiger charge is -2.08. The topological polar surface area (TPSA) is 38.8 Å². The molecule has 7 heteroatoms. The van der Waals surface area contributed by atoms with Crippen molar-refractivity contribution in [3.8, 4) is 11.5 Å². The van der Waals surface area contributed by atoms with Crippen LogP contribution in [0.4, 0.5) is 0 Å². The molecule has 0 unspecified atom stereocenters. The summed E-state index contributed by atoms with van der Waals surface area (Å²) in [5.74, 6) is 1.50. The molecule has 0 bridgehead atoms. The third-order valence-corrected chi connectivity index (χ3v) is 5.61. The van der Waals surface area contributed by atoms with Gasteiger partial charge < -0.3 is 9.47 Å². The molecule has 134 valence electrons. The molecule has 0 atom stereocenters. The number of nitrogens with zero attached hydrogens (tertiary/aromatic N) is 1. The van der Waals surface area contributed by atoms with Crippen LogP contribution >= 0.6 is 39.9 Å². The molecule has 0 saturated carbocycles. The Bertz CT molecular complexity index is 835. The maximum Gasteiger partial charge on any atom is 0.265 e. The molecule has 1 aliphatic heterocycles. The summed E-state index contributed by atoms with van der Waals surface area (Å²) in [7, 11) is 1.69. The highest BCUT2D eigenvalue weighted by Gasteiger charge is 2.28. The number of ether oxygens (including phenoxy) is 2. The molecule has 2 aromatic carbocycles. The minimum atomic E-state index is -0.0644. The Morgan fingerprint density at radius 1 is 1.04 bits per heavy atom. The van der Waals surface area contributed by atoms with Crippen LogP contribution in [0.25, 0.3) is 6.08 Å². The van der Waals surface area contributed by atoms with Gasteiger partial charge in [-0.2, -0.15) is 0 Å². The highest BCUT2D eigenvalue weighted by molar-refractivity contribution is 9.10. The first-order chi connectivity index (χ1) is 12.5. The molecule has 1 fully saturated rings. The summed E-state index contributed by atoms with van der Waals surface area (Å²) < 4.78 is 12.9. The molecule has 4 nitrogen and oxygen atoms in total. The van der Waals surface area contributed by atoms with Crippen LogP contribution < -0.4 is 9.47 Å². The average Bonchev–Trinajstić information content (AvgIpc) is 2.88. The monoisotopic (exact) mass is 449 g/mol. The fraction of sp³-hybridized carbons (Fsp3) is 0.158. The molecule has 0 aromatic heterocycles. The summed E-state index contributed by atoms with van der Waals surface area (Å²) in [6.07, 6.45) is 1.84. The molecule has 0 radical (unpaired) electrons. The third-order valence-electron chi connectivity index (χ3n) is 3.60.